The number of imidazole rings is 1. The van der Waals surface area contributed by atoms with E-state index in [4.69, 9.17) is 12.2 Å². The van der Waals surface area contributed by atoms with Crippen molar-refractivity contribution >= 4 is 18.6 Å². The molecule has 1 aromatic heterocycles. The molecule has 7 heteroatoms. The van der Waals surface area contributed by atoms with Gasteiger partial charge in [-0.1, -0.05) is 0 Å². The second kappa shape index (κ2) is 6.00. The molecule has 0 saturated carbocycles. The SMILES string of the molecule is O=CNCc1c[nH]c(=S)n1[C@H]1CCc2cc(F)c(F)cc2C1. The molecule has 1 aliphatic carbocycles. The lowest BCUT2D eigenvalue weighted by molar-refractivity contribution is -0.109. The Morgan fingerprint density at radius 3 is 2.82 bits per heavy atom. The van der Waals surface area contributed by atoms with Crippen molar-refractivity contribution in [3.05, 3.63) is 51.6 Å². The Labute approximate surface area is 131 Å². The number of aryl methyl sites for hydroxylation is 1. The van der Waals surface area contributed by atoms with Gasteiger partial charge in [0, 0.05) is 12.2 Å². The second-order valence-corrected chi connectivity index (χ2v) is 5.77. The summed E-state index contributed by atoms with van der Waals surface area (Å²) in [5.41, 5.74) is 2.53. The number of carbonyl (C=O) groups excluding carboxylic acids is 1. The van der Waals surface area contributed by atoms with Gasteiger partial charge in [0.2, 0.25) is 6.41 Å². The maximum absolute atomic E-state index is 13.4. The fourth-order valence-electron chi connectivity index (χ4n) is 3.05. The largest absolute Gasteiger partial charge is 0.353 e. The first kappa shape index (κ1) is 14.9. The van der Waals surface area contributed by atoms with E-state index in [1.54, 1.807) is 6.20 Å². The number of aromatic nitrogens is 2. The Morgan fingerprint density at radius 2 is 2.09 bits per heavy atom. The molecular weight excluding hydrogens is 308 g/mol. The van der Waals surface area contributed by atoms with Crippen molar-refractivity contribution in [2.75, 3.05) is 0 Å². The van der Waals surface area contributed by atoms with Crippen LogP contribution >= 0.6 is 12.2 Å². The third-order valence-corrected chi connectivity index (χ3v) is 4.38. The first-order valence-corrected chi connectivity index (χ1v) is 7.43. The molecule has 4 nitrogen and oxygen atoms in total. The fraction of sp³-hybridized carbons (Fsp3) is 0.333. The van der Waals surface area contributed by atoms with E-state index >= 15 is 0 Å². The zero-order chi connectivity index (χ0) is 15.7. The Bertz CT molecular complexity index is 769. The molecule has 116 valence electrons. The van der Waals surface area contributed by atoms with E-state index in [0.29, 0.717) is 30.6 Å². The van der Waals surface area contributed by atoms with E-state index < -0.39 is 11.6 Å². The quantitative estimate of drug-likeness (QED) is 0.671. The standard InChI is InChI=1S/C15H15F2N3OS/c16-13-4-9-1-2-11(3-10(9)5-14(13)17)20-12(6-18-8-21)7-19-15(20)22/h4-5,7-8,11H,1-3,6H2,(H,18,21)(H,19,22)/t11-/m0/s1. The van der Waals surface area contributed by atoms with E-state index in [2.05, 4.69) is 10.3 Å². The molecule has 2 N–H and O–H groups in total. The third kappa shape index (κ3) is 2.68. The number of hydrogen-bond acceptors (Lipinski definition) is 2. The van der Waals surface area contributed by atoms with Gasteiger partial charge in [-0.2, -0.15) is 0 Å². The van der Waals surface area contributed by atoms with Crippen molar-refractivity contribution in [3.63, 3.8) is 0 Å². The second-order valence-electron chi connectivity index (χ2n) is 5.39. The molecule has 1 aliphatic rings. The minimum Gasteiger partial charge on any atom is -0.353 e. The number of rotatable bonds is 4. The number of fused-ring (bicyclic) bond motifs is 1. The van der Waals surface area contributed by atoms with Crippen LogP contribution in [0.4, 0.5) is 8.78 Å². The predicted molar refractivity (Wildman–Crippen MR) is 79.9 cm³/mol. The summed E-state index contributed by atoms with van der Waals surface area (Å²) in [6.07, 6.45) is 4.45. The van der Waals surface area contributed by atoms with Gasteiger partial charge in [-0.25, -0.2) is 8.78 Å². The Kier molecular flexibility index (Phi) is 4.06. The summed E-state index contributed by atoms with van der Waals surface area (Å²) in [5.74, 6) is -1.62. The summed E-state index contributed by atoms with van der Waals surface area (Å²) >= 11 is 5.31. The molecule has 1 atom stereocenters. The molecule has 0 unspecified atom stereocenters. The van der Waals surface area contributed by atoms with Gasteiger partial charge in [0.25, 0.3) is 0 Å². The lowest BCUT2D eigenvalue weighted by atomic mass is 9.88. The minimum absolute atomic E-state index is 0.0690. The summed E-state index contributed by atoms with van der Waals surface area (Å²) in [6, 6.07) is 2.63. The third-order valence-electron chi connectivity index (χ3n) is 4.07. The molecule has 1 heterocycles. The van der Waals surface area contributed by atoms with Crippen molar-refractivity contribution in [3.8, 4) is 0 Å². The molecule has 1 amide bonds. The first-order valence-electron chi connectivity index (χ1n) is 7.02. The lowest BCUT2D eigenvalue weighted by Crippen LogP contribution is -2.23. The molecule has 22 heavy (non-hydrogen) atoms. The zero-order valence-electron chi connectivity index (χ0n) is 11.7. The number of nitrogens with one attached hydrogen (secondary N) is 2. The predicted octanol–water partition coefficient (Wildman–Crippen LogP) is 2.80. The highest BCUT2D eigenvalue weighted by Gasteiger charge is 2.24. The van der Waals surface area contributed by atoms with Crippen molar-refractivity contribution < 1.29 is 13.6 Å². The summed E-state index contributed by atoms with van der Waals surface area (Å²) in [6.45, 7) is 0.373. The molecule has 0 aliphatic heterocycles. The summed E-state index contributed by atoms with van der Waals surface area (Å²) in [4.78, 5) is 13.4. The van der Waals surface area contributed by atoms with Crippen molar-refractivity contribution in [1.29, 1.82) is 0 Å². The molecule has 0 fully saturated rings. The zero-order valence-corrected chi connectivity index (χ0v) is 12.6. The van der Waals surface area contributed by atoms with Gasteiger partial charge < -0.3 is 14.9 Å². The highest BCUT2D eigenvalue weighted by molar-refractivity contribution is 7.71. The summed E-state index contributed by atoms with van der Waals surface area (Å²) in [7, 11) is 0. The highest BCUT2D eigenvalue weighted by Crippen LogP contribution is 2.31. The molecule has 0 bridgehead atoms. The Hall–Kier alpha value is -2.02. The fourth-order valence-corrected chi connectivity index (χ4v) is 3.37. The molecule has 0 saturated heterocycles. The van der Waals surface area contributed by atoms with Gasteiger partial charge in [0.15, 0.2) is 16.4 Å². The first-order chi connectivity index (χ1) is 10.6. The Balaban J connectivity index is 1.91. The van der Waals surface area contributed by atoms with Crippen molar-refractivity contribution in [2.45, 2.75) is 31.8 Å². The molecule has 0 spiro atoms. The average molecular weight is 323 g/mol. The van der Waals surface area contributed by atoms with Crippen LogP contribution in [-0.4, -0.2) is 16.0 Å². The topological polar surface area (TPSA) is 49.8 Å². The maximum atomic E-state index is 13.4. The Morgan fingerprint density at radius 1 is 1.36 bits per heavy atom. The lowest BCUT2D eigenvalue weighted by Gasteiger charge is -2.27. The molecule has 0 radical (unpaired) electrons. The van der Waals surface area contributed by atoms with Crippen LogP contribution in [0.2, 0.25) is 0 Å². The smallest absolute Gasteiger partial charge is 0.207 e. The minimum atomic E-state index is -0.820. The molecule has 3 rings (SSSR count). The summed E-state index contributed by atoms with van der Waals surface area (Å²) < 4.78 is 29.3. The number of carbonyl (C=O) groups is 1. The number of benzene rings is 1. The van der Waals surface area contributed by atoms with Gasteiger partial charge >= 0.3 is 0 Å². The van der Waals surface area contributed by atoms with Gasteiger partial charge in [0.05, 0.1) is 12.2 Å². The normalized spacial score (nSPS) is 17.1. The average Bonchev–Trinajstić information content (AvgIpc) is 2.87. The van der Waals surface area contributed by atoms with Crippen LogP contribution in [0.25, 0.3) is 0 Å². The van der Waals surface area contributed by atoms with Crippen LogP contribution in [0.1, 0.15) is 29.3 Å². The number of H-pyrrole nitrogens is 1. The van der Waals surface area contributed by atoms with Crippen LogP contribution < -0.4 is 5.32 Å². The van der Waals surface area contributed by atoms with E-state index in [1.165, 1.54) is 12.1 Å². The van der Waals surface area contributed by atoms with Gasteiger partial charge in [0.1, 0.15) is 0 Å². The van der Waals surface area contributed by atoms with Crippen LogP contribution in [0, 0.1) is 16.4 Å². The number of hydrogen-bond donors (Lipinski definition) is 2. The molecule has 1 aromatic carbocycles. The van der Waals surface area contributed by atoms with E-state index in [9.17, 15) is 13.6 Å². The number of amides is 1. The molecular formula is C15H15F2N3OS. The van der Waals surface area contributed by atoms with Crippen molar-refractivity contribution in [2.24, 2.45) is 0 Å². The molecule has 2 aromatic rings. The summed E-state index contributed by atoms with van der Waals surface area (Å²) in [5, 5.41) is 2.62. The van der Waals surface area contributed by atoms with Gasteiger partial charge in [-0.15, -0.1) is 0 Å². The van der Waals surface area contributed by atoms with Crippen LogP contribution in [-0.2, 0) is 24.2 Å². The van der Waals surface area contributed by atoms with E-state index in [0.717, 1.165) is 23.2 Å². The van der Waals surface area contributed by atoms with E-state index in [-0.39, 0.29) is 6.04 Å². The van der Waals surface area contributed by atoms with Crippen LogP contribution in [0.3, 0.4) is 0 Å². The van der Waals surface area contributed by atoms with Crippen LogP contribution in [0.15, 0.2) is 18.3 Å². The highest BCUT2D eigenvalue weighted by atomic mass is 32.1. The number of halogens is 2. The van der Waals surface area contributed by atoms with Gasteiger partial charge in [-0.3, -0.25) is 4.79 Å². The van der Waals surface area contributed by atoms with Gasteiger partial charge in [-0.05, 0) is 54.7 Å². The maximum Gasteiger partial charge on any atom is 0.207 e. The monoisotopic (exact) mass is 323 g/mol. The number of aromatic amines is 1. The number of nitrogens with zero attached hydrogens (tertiary/aromatic N) is 1. The van der Waals surface area contributed by atoms with Crippen molar-refractivity contribution in [1.82, 2.24) is 14.9 Å². The van der Waals surface area contributed by atoms with E-state index in [1.807, 2.05) is 4.57 Å². The van der Waals surface area contributed by atoms with Crippen LogP contribution in [0.5, 0.6) is 0 Å².